The average Bonchev–Trinajstić information content (AvgIpc) is 2.99. The zero-order valence-corrected chi connectivity index (χ0v) is 18.2. The number of aromatic nitrogens is 3. The van der Waals surface area contributed by atoms with Gasteiger partial charge in [0.2, 0.25) is 5.90 Å². The summed E-state index contributed by atoms with van der Waals surface area (Å²) >= 11 is 5.78. The smallest absolute Gasteiger partial charge is 0.416 e. The van der Waals surface area contributed by atoms with E-state index in [2.05, 4.69) is 15.2 Å². The van der Waals surface area contributed by atoms with E-state index in [1.807, 2.05) is 27.9 Å². The van der Waals surface area contributed by atoms with Crippen LogP contribution < -0.4 is 11.0 Å². The number of aliphatic hydroxyl groups is 1. The van der Waals surface area contributed by atoms with E-state index in [-0.39, 0.29) is 18.3 Å². The van der Waals surface area contributed by atoms with Crippen molar-refractivity contribution in [1.82, 2.24) is 19.7 Å². The Kier molecular flexibility index (Phi) is 12.0. The Bertz CT molecular complexity index is 835. The molecule has 0 radical (unpaired) electrons. The van der Waals surface area contributed by atoms with Crippen molar-refractivity contribution >= 4 is 17.5 Å². The molecule has 1 aromatic carbocycles. The third-order valence-corrected chi connectivity index (χ3v) is 3.55. The second kappa shape index (κ2) is 13.0. The quantitative estimate of drug-likeness (QED) is 0.477. The van der Waals surface area contributed by atoms with Crippen molar-refractivity contribution in [3.05, 3.63) is 39.8 Å². The number of rotatable bonds is 5. The van der Waals surface area contributed by atoms with Crippen LogP contribution in [0.25, 0.3) is 11.4 Å². The standard InChI is InChI=1S/C14H14ClF3N4O3.C2H7N.C2H6/c1-25-11(19)7-22-13(24)21(6-10(23)14(16,17)18)12(20-22)8-2-4-9(15)5-3-8;1-3-2;1-2/h2-5,10,19,23H,6-7H2,1H3;3H,1-2H3;1-2H3. The Hall–Kier alpha value is -2.37. The molecule has 0 aliphatic heterocycles. The second-order valence-corrected chi connectivity index (χ2v) is 6.00. The summed E-state index contributed by atoms with van der Waals surface area (Å²) in [5.41, 5.74) is -0.575. The first kappa shape index (κ1) is 27.6. The topological polar surface area (TPSA) is 105 Å². The molecule has 170 valence electrons. The van der Waals surface area contributed by atoms with Gasteiger partial charge in [0.15, 0.2) is 11.9 Å². The minimum absolute atomic E-state index is 0.0890. The SMILES string of the molecule is CC.CNC.COC(=N)Cn1nc(-c2ccc(Cl)cc2)n(CC(O)C(F)(F)F)c1=O. The van der Waals surface area contributed by atoms with Gasteiger partial charge >= 0.3 is 11.9 Å². The van der Waals surface area contributed by atoms with Gasteiger partial charge in [-0.2, -0.15) is 13.2 Å². The van der Waals surface area contributed by atoms with E-state index >= 15 is 0 Å². The number of halogens is 4. The fraction of sp³-hybridized carbons (Fsp3) is 0.500. The third kappa shape index (κ3) is 8.17. The van der Waals surface area contributed by atoms with Crippen molar-refractivity contribution < 1.29 is 23.0 Å². The Morgan fingerprint density at radius 3 is 2.23 bits per heavy atom. The molecule has 0 aliphatic rings. The van der Waals surface area contributed by atoms with Gasteiger partial charge in [0, 0.05) is 10.6 Å². The van der Waals surface area contributed by atoms with Gasteiger partial charge in [-0.05, 0) is 38.4 Å². The molecule has 2 aromatic rings. The first-order valence-corrected chi connectivity index (χ1v) is 9.31. The fourth-order valence-electron chi connectivity index (χ4n) is 2.00. The van der Waals surface area contributed by atoms with E-state index in [0.717, 1.165) is 4.68 Å². The highest BCUT2D eigenvalue weighted by Crippen LogP contribution is 2.24. The van der Waals surface area contributed by atoms with Crippen molar-refractivity contribution in [2.24, 2.45) is 0 Å². The fourth-order valence-corrected chi connectivity index (χ4v) is 2.12. The van der Waals surface area contributed by atoms with Gasteiger partial charge in [-0.1, -0.05) is 25.4 Å². The summed E-state index contributed by atoms with van der Waals surface area (Å²) in [7, 11) is 4.97. The highest BCUT2D eigenvalue weighted by Gasteiger charge is 2.39. The molecule has 1 unspecified atom stereocenters. The predicted molar refractivity (Wildman–Crippen MR) is 110 cm³/mol. The van der Waals surface area contributed by atoms with E-state index in [1.165, 1.54) is 31.4 Å². The van der Waals surface area contributed by atoms with Gasteiger partial charge in [-0.3, -0.25) is 9.98 Å². The predicted octanol–water partition coefficient (Wildman–Crippen LogP) is 2.77. The number of hydrogen-bond donors (Lipinski definition) is 3. The first-order valence-electron chi connectivity index (χ1n) is 8.93. The number of ether oxygens (including phenoxy) is 1. The number of nitrogens with one attached hydrogen (secondary N) is 2. The summed E-state index contributed by atoms with van der Waals surface area (Å²) in [5, 5.41) is 23.9. The van der Waals surface area contributed by atoms with Crippen LogP contribution in [-0.4, -0.2) is 58.8 Å². The maximum Gasteiger partial charge on any atom is 0.416 e. The molecular weight excluding hydrogens is 427 g/mol. The molecule has 1 atom stereocenters. The molecule has 0 amide bonds. The number of alkyl halides is 3. The molecule has 12 heteroatoms. The average molecular weight is 454 g/mol. The zero-order chi connectivity index (χ0) is 23.5. The van der Waals surface area contributed by atoms with Crippen LogP contribution in [0.3, 0.4) is 0 Å². The van der Waals surface area contributed by atoms with E-state index in [0.29, 0.717) is 15.2 Å². The first-order chi connectivity index (χ1) is 14.0. The molecule has 0 fully saturated rings. The Balaban J connectivity index is 0.00000154. The summed E-state index contributed by atoms with van der Waals surface area (Å²) in [5.74, 6) is -0.389. The van der Waals surface area contributed by atoms with Crippen molar-refractivity contribution in [3.8, 4) is 11.4 Å². The van der Waals surface area contributed by atoms with E-state index in [4.69, 9.17) is 17.0 Å². The lowest BCUT2D eigenvalue weighted by molar-refractivity contribution is -0.207. The molecule has 1 aromatic heterocycles. The summed E-state index contributed by atoms with van der Waals surface area (Å²) in [6, 6.07) is 5.93. The van der Waals surface area contributed by atoms with Gasteiger partial charge in [0.1, 0.15) is 6.54 Å². The van der Waals surface area contributed by atoms with Crippen molar-refractivity contribution in [3.63, 3.8) is 0 Å². The van der Waals surface area contributed by atoms with Crippen LogP contribution in [0.15, 0.2) is 29.1 Å². The van der Waals surface area contributed by atoms with Crippen molar-refractivity contribution in [2.45, 2.75) is 39.2 Å². The Labute approximate surface area is 177 Å². The highest BCUT2D eigenvalue weighted by molar-refractivity contribution is 6.30. The molecule has 1 heterocycles. The largest absolute Gasteiger partial charge is 0.483 e. The molecule has 0 saturated heterocycles. The van der Waals surface area contributed by atoms with E-state index in [9.17, 15) is 23.1 Å². The Morgan fingerprint density at radius 1 is 1.30 bits per heavy atom. The summed E-state index contributed by atoms with van der Waals surface area (Å²) in [6.07, 6.45) is -7.63. The van der Waals surface area contributed by atoms with Crippen LogP contribution in [-0.2, 0) is 17.8 Å². The summed E-state index contributed by atoms with van der Waals surface area (Å²) in [6.45, 7) is 2.62. The van der Waals surface area contributed by atoms with E-state index in [1.54, 1.807) is 0 Å². The molecule has 30 heavy (non-hydrogen) atoms. The maximum absolute atomic E-state index is 12.7. The molecule has 0 bridgehead atoms. The molecule has 2 rings (SSSR count). The Morgan fingerprint density at radius 2 is 1.80 bits per heavy atom. The molecule has 0 saturated carbocycles. The number of nitrogens with zero attached hydrogens (tertiary/aromatic N) is 3. The molecule has 0 spiro atoms. The van der Waals surface area contributed by atoms with Gasteiger partial charge in [-0.15, -0.1) is 5.10 Å². The zero-order valence-electron chi connectivity index (χ0n) is 17.4. The molecule has 3 N–H and O–H groups in total. The lowest BCUT2D eigenvalue weighted by Crippen LogP contribution is -2.37. The van der Waals surface area contributed by atoms with Crippen molar-refractivity contribution in [1.29, 1.82) is 5.41 Å². The van der Waals surface area contributed by atoms with Gasteiger partial charge in [0.05, 0.1) is 13.7 Å². The minimum Gasteiger partial charge on any atom is -0.483 e. The highest BCUT2D eigenvalue weighted by atomic mass is 35.5. The van der Waals surface area contributed by atoms with Gasteiger partial charge < -0.3 is 15.2 Å². The van der Waals surface area contributed by atoms with Gasteiger partial charge in [-0.25, -0.2) is 9.48 Å². The van der Waals surface area contributed by atoms with E-state index < -0.39 is 24.5 Å². The van der Waals surface area contributed by atoms with Crippen molar-refractivity contribution in [2.75, 3.05) is 21.2 Å². The third-order valence-electron chi connectivity index (χ3n) is 3.30. The minimum atomic E-state index is -4.89. The number of hydrogen-bond acceptors (Lipinski definition) is 6. The lowest BCUT2D eigenvalue weighted by Gasteiger charge is -2.15. The normalized spacial score (nSPS) is 11.5. The summed E-state index contributed by atoms with van der Waals surface area (Å²) in [4.78, 5) is 12.4. The van der Waals surface area contributed by atoms with Crippen LogP contribution in [0, 0.1) is 5.41 Å². The number of benzene rings is 1. The number of methoxy groups -OCH3 is 1. The van der Waals surface area contributed by atoms with Crippen LogP contribution in [0.2, 0.25) is 5.02 Å². The van der Waals surface area contributed by atoms with Crippen LogP contribution >= 0.6 is 11.6 Å². The maximum atomic E-state index is 12.7. The summed E-state index contributed by atoms with van der Waals surface area (Å²) < 4.78 is 44.1. The monoisotopic (exact) mass is 453 g/mol. The van der Waals surface area contributed by atoms with Crippen LogP contribution in [0.1, 0.15) is 13.8 Å². The van der Waals surface area contributed by atoms with Crippen LogP contribution in [0.5, 0.6) is 0 Å². The lowest BCUT2D eigenvalue weighted by atomic mass is 10.2. The van der Waals surface area contributed by atoms with Gasteiger partial charge in [0.25, 0.3) is 0 Å². The molecule has 8 nitrogen and oxygen atoms in total. The van der Waals surface area contributed by atoms with Crippen LogP contribution in [0.4, 0.5) is 13.2 Å². The number of aliphatic hydroxyl groups excluding tert-OH is 1. The second-order valence-electron chi connectivity index (χ2n) is 5.57. The molecular formula is C18H27ClF3N5O3. The molecule has 0 aliphatic carbocycles.